The van der Waals surface area contributed by atoms with E-state index in [1.165, 1.54) is 11.1 Å². The number of thiazole rings is 1. The minimum Gasteiger partial charge on any atom is -0.348 e. The van der Waals surface area contributed by atoms with Crippen molar-refractivity contribution in [3.63, 3.8) is 0 Å². The molecule has 31 heavy (non-hydrogen) atoms. The smallest absolute Gasteiger partial charge is 0.251 e. The zero-order valence-corrected chi connectivity index (χ0v) is 18.4. The molecule has 0 atom stereocenters. The molecule has 1 amide bonds. The highest BCUT2D eigenvalue weighted by molar-refractivity contribution is 7.23. The summed E-state index contributed by atoms with van der Waals surface area (Å²) in [6.45, 7) is 4.74. The van der Waals surface area contributed by atoms with Crippen LogP contribution in [-0.4, -0.2) is 15.3 Å². The SMILES string of the molecule is CCc1ccc(CNC(=O)c2ccc3c(c2)sc2nc(-c4ccc(C)cc4)cn23)cc1. The van der Waals surface area contributed by atoms with Gasteiger partial charge in [-0.2, -0.15) is 0 Å². The van der Waals surface area contributed by atoms with E-state index < -0.39 is 0 Å². The fourth-order valence-corrected chi connectivity index (χ4v) is 4.73. The van der Waals surface area contributed by atoms with Gasteiger partial charge in [-0.1, -0.05) is 72.4 Å². The molecule has 5 heteroatoms. The van der Waals surface area contributed by atoms with Crippen LogP contribution in [0.4, 0.5) is 0 Å². The lowest BCUT2D eigenvalue weighted by molar-refractivity contribution is 0.0951. The quantitative estimate of drug-likeness (QED) is 0.374. The molecule has 3 aromatic carbocycles. The topological polar surface area (TPSA) is 46.4 Å². The van der Waals surface area contributed by atoms with Gasteiger partial charge in [-0.15, -0.1) is 0 Å². The molecule has 5 rings (SSSR count). The van der Waals surface area contributed by atoms with Crippen molar-refractivity contribution in [2.45, 2.75) is 26.8 Å². The fourth-order valence-electron chi connectivity index (χ4n) is 3.68. The minimum atomic E-state index is -0.0622. The Morgan fingerprint density at radius 3 is 2.48 bits per heavy atom. The van der Waals surface area contributed by atoms with Gasteiger partial charge in [-0.05, 0) is 42.7 Å². The van der Waals surface area contributed by atoms with Crippen molar-refractivity contribution in [2.75, 3.05) is 0 Å². The molecule has 2 aromatic heterocycles. The Morgan fingerprint density at radius 2 is 1.74 bits per heavy atom. The molecule has 0 fully saturated rings. The maximum atomic E-state index is 12.7. The zero-order valence-electron chi connectivity index (χ0n) is 17.6. The van der Waals surface area contributed by atoms with Crippen LogP contribution in [0.5, 0.6) is 0 Å². The van der Waals surface area contributed by atoms with Crippen molar-refractivity contribution < 1.29 is 4.79 Å². The third-order valence-corrected chi connectivity index (χ3v) is 6.61. The molecule has 0 aliphatic heterocycles. The van der Waals surface area contributed by atoms with Crippen molar-refractivity contribution in [1.29, 1.82) is 0 Å². The highest BCUT2D eigenvalue weighted by Gasteiger charge is 2.13. The van der Waals surface area contributed by atoms with Crippen molar-refractivity contribution in [2.24, 2.45) is 0 Å². The number of benzene rings is 3. The lowest BCUT2D eigenvalue weighted by Crippen LogP contribution is -2.22. The molecule has 0 aliphatic rings. The van der Waals surface area contributed by atoms with Gasteiger partial charge in [0.15, 0.2) is 4.96 Å². The number of hydrogen-bond acceptors (Lipinski definition) is 3. The van der Waals surface area contributed by atoms with Gasteiger partial charge in [0.05, 0.1) is 15.9 Å². The highest BCUT2D eigenvalue weighted by Crippen LogP contribution is 2.30. The Morgan fingerprint density at radius 1 is 1.00 bits per heavy atom. The summed E-state index contributed by atoms with van der Waals surface area (Å²) in [5.41, 5.74) is 7.44. The summed E-state index contributed by atoms with van der Waals surface area (Å²) in [6.07, 6.45) is 3.09. The predicted octanol–water partition coefficient (Wildman–Crippen LogP) is 6.02. The molecule has 0 radical (unpaired) electrons. The van der Waals surface area contributed by atoms with Crippen LogP contribution in [0, 0.1) is 6.92 Å². The lowest BCUT2D eigenvalue weighted by atomic mass is 10.1. The number of carbonyl (C=O) groups is 1. The van der Waals surface area contributed by atoms with E-state index in [1.807, 2.05) is 18.2 Å². The first kappa shape index (κ1) is 19.5. The predicted molar refractivity (Wildman–Crippen MR) is 128 cm³/mol. The van der Waals surface area contributed by atoms with Crippen LogP contribution >= 0.6 is 11.3 Å². The van der Waals surface area contributed by atoms with E-state index in [9.17, 15) is 4.79 Å². The number of fused-ring (bicyclic) bond motifs is 3. The van der Waals surface area contributed by atoms with Crippen LogP contribution in [0.15, 0.2) is 72.9 Å². The summed E-state index contributed by atoms with van der Waals surface area (Å²) >= 11 is 1.60. The second-order valence-corrected chi connectivity index (χ2v) is 8.79. The van der Waals surface area contributed by atoms with Gasteiger partial charge in [0.1, 0.15) is 0 Å². The Labute approximate surface area is 185 Å². The number of aryl methyl sites for hydroxylation is 2. The number of amides is 1. The van der Waals surface area contributed by atoms with Gasteiger partial charge in [-0.25, -0.2) is 4.98 Å². The first-order chi connectivity index (χ1) is 15.1. The number of nitrogens with one attached hydrogen (secondary N) is 1. The van der Waals surface area contributed by atoms with Crippen LogP contribution in [0.1, 0.15) is 34.0 Å². The molecule has 0 unspecified atom stereocenters. The molecule has 2 heterocycles. The maximum absolute atomic E-state index is 12.7. The standard InChI is InChI=1S/C26H23N3OS/c1-3-18-6-8-19(9-7-18)15-27-25(30)21-12-13-23-24(14-21)31-26-28-22(16-29(23)26)20-10-4-17(2)5-11-20/h4-14,16H,3,15H2,1-2H3,(H,27,30). The lowest BCUT2D eigenvalue weighted by Gasteiger charge is -2.06. The van der Waals surface area contributed by atoms with E-state index in [0.29, 0.717) is 12.1 Å². The normalized spacial score (nSPS) is 11.3. The van der Waals surface area contributed by atoms with Crippen molar-refractivity contribution in [3.05, 3.63) is 95.2 Å². The van der Waals surface area contributed by atoms with Gasteiger partial charge < -0.3 is 5.32 Å². The molecule has 0 saturated carbocycles. The van der Waals surface area contributed by atoms with Gasteiger partial charge in [0, 0.05) is 23.9 Å². The van der Waals surface area contributed by atoms with E-state index >= 15 is 0 Å². The molecule has 154 valence electrons. The van der Waals surface area contributed by atoms with Gasteiger partial charge in [0.2, 0.25) is 0 Å². The summed E-state index contributed by atoms with van der Waals surface area (Å²) in [6, 6.07) is 22.6. The van der Waals surface area contributed by atoms with E-state index in [0.717, 1.165) is 38.4 Å². The van der Waals surface area contributed by atoms with Crippen molar-refractivity contribution in [3.8, 4) is 11.3 Å². The van der Waals surface area contributed by atoms with Crippen LogP contribution in [-0.2, 0) is 13.0 Å². The molecule has 0 saturated heterocycles. The Kier molecular flexibility index (Phi) is 5.04. The van der Waals surface area contributed by atoms with Crippen molar-refractivity contribution >= 4 is 32.4 Å². The average molecular weight is 426 g/mol. The summed E-state index contributed by atoms with van der Waals surface area (Å²) in [7, 11) is 0. The second kappa shape index (κ2) is 8.00. The maximum Gasteiger partial charge on any atom is 0.251 e. The number of rotatable bonds is 5. The average Bonchev–Trinajstić information content (AvgIpc) is 3.36. The molecule has 4 nitrogen and oxygen atoms in total. The first-order valence-corrected chi connectivity index (χ1v) is 11.3. The Bertz CT molecular complexity index is 1380. The number of carbonyl (C=O) groups excluding carboxylic acids is 1. The van der Waals surface area contributed by atoms with Gasteiger partial charge >= 0.3 is 0 Å². The molecule has 0 bridgehead atoms. The van der Waals surface area contributed by atoms with Crippen LogP contribution in [0.25, 0.3) is 26.4 Å². The Hall–Kier alpha value is -3.44. The summed E-state index contributed by atoms with van der Waals surface area (Å²) < 4.78 is 3.16. The zero-order chi connectivity index (χ0) is 21.4. The number of aromatic nitrogens is 2. The second-order valence-electron chi connectivity index (χ2n) is 7.78. The summed E-state index contributed by atoms with van der Waals surface area (Å²) in [4.78, 5) is 18.4. The fraction of sp³-hybridized carbons (Fsp3) is 0.154. The number of imidazole rings is 1. The molecular weight excluding hydrogens is 402 g/mol. The molecule has 0 spiro atoms. The number of hydrogen-bond donors (Lipinski definition) is 1. The van der Waals surface area contributed by atoms with E-state index in [1.54, 1.807) is 11.3 Å². The van der Waals surface area contributed by atoms with Crippen LogP contribution < -0.4 is 5.32 Å². The third kappa shape index (κ3) is 3.84. The highest BCUT2D eigenvalue weighted by atomic mass is 32.1. The largest absolute Gasteiger partial charge is 0.348 e. The summed E-state index contributed by atoms with van der Waals surface area (Å²) in [5.74, 6) is -0.0622. The molecule has 1 N–H and O–H groups in total. The Balaban J connectivity index is 1.36. The van der Waals surface area contributed by atoms with E-state index in [2.05, 4.69) is 78.3 Å². The first-order valence-electron chi connectivity index (χ1n) is 10.5. The summed E-state index contributed by atoms with van der Waals surface area (Å²) in [5, 5.41) is 3.02. The molecular formula is C26H23N3OS. The van der Waals surface area contributed by atoms with Crippen LogP contribution in [0.2, 0.25) is 0 Å². The minimum absolute atomic E-state index is 0.0622. The monoisotopic (exact) mass is 425 g/mol. The van der Waals surface area contributed by atoms with Crippen LogP contribution in [0.3, 0.4) is 0 Å². The number of nitrogens with zero attached hydrogens (tertiary/aromatic N) is 2. The van der Waals surface area contributed by atoms with Crippen molar-refractivity contribution in [1.82, 2.24) is 14.7 Å². The molecule has 5 aromatic rings. The van der Waals surface area contributed by atoms with E-state index in [4.69, 9.17) is 4.98 Å². The molecule has 0 aliphatic carbocycles. The van der Waals surface area contributed by atoms with Gasteiger partial charge in [0.25, 0.3) is 5.91 Å². The van der Waals surface area contributed by atoms with E-state index in [-0.39, 0.29) is 5.91 Å². The third-order valence-electron chi connectivity index (χ3n) is 5.59. The van der Waals surface area contributed by atoms with Gasteiger partial charge in [-0.3, -0.25) is 9.20 Å².